The van der Waals surface area contributed by atoms with E-state index >= 15 is 0 Å². The Morgan fingerprint density at radius 3 is 2.14 bits per heavy atom. The van der Waals surface area contributed by atoms with E-state index in [-0.39, 0.29) is 11.8 Å². The number of carbonyl (C=O) groups is 2. The maximum absolute atomic E-state index is 12.5. The van der Waals surface area contributed by atoms with Crippen LogP contribution in [-0.2, 0) is 9.59 Å². The van der Waals surface area contributed by atoms with Gasteiger partial charge in [0.25, 0.3) is 0 Å². The molecule has 0 aromatic rings. The SMILES string of the molecule is O=C(CN1CCN(CC(=O)N2CCCCCC2)CC1)NCCC1=CCCCC1. The van der Waals surface area contributed by atoms with Crippen LogP contribution in [0.25, 0.3) is 0 Å². The molecule has 3 aliphatic rings. The Morgan fingerprint density at radius 2 is 1.50 bits per heavy atom. The van der Waals surface area contributed by atoms with Crippen molar-refractivity contribution < 1.29 is 9.59 Å². The molecule has 0 bridgehead atoms. The zero-order valence-electron chi connectivity index (χ0n) is 17.5. The Balaban J connectivity index is 1.28. The zero-order valence-corrected chi connectivity index (χ0v) is 17.5. The van der Waals surface area contributed by atoms with Crippen molar-refractivity contribution in [3.8, 4) is 0 Å². The number of hydrogen-bond acceptors (Lipinski definition) is 4. The van der Waals surface area contributed by atoms with Crippen molar-refractivity contribution in [2.24, 2.45) is 0 Å². The molecule has 0 saturated carbocycles. The van der Waals surface area contributed by atoms with Gasteiger partial charge in [0.1, 0.15) is 0 Å². The van der Waals surface area contributed by atoms with Gasteiger partial charge in [-0.15, -0.1) is 0 Å². The second-order valence-corrected chi connectivity index (χ2v) is 8.56. The number of likely N-dealkylation sites (tertiary alicyclic amines) is 1. The van der Waals surface area contributed by atoms with E-state index < -0.39 is 0 Å². The van der Waals surface area contributed by atoms with Crippen molar-refractivity contribution >= 4 is 11.8 Å². The molecule has 3 rings (SSSR count). The van der Waals surface area contributed by atoms with Gasteiger partial charge in [0.05, 0.1) is 13.1 Å². The zero-order chi connectivity index (χ0) is 19.6. The summed E-state index contributed by atoms with van der Waals surface area (Å²) in [5.74, 6) is 0.413. The molecule has 28 heavy (non-hydrogen) atoms. The summed E-state index contributed by atoms with van der Waals surface area (Å²) in [6, 6.07) is 0. The summed E-state index contributed by atoms with van der Waals surface area (Å²) in [6.07, 6.45) is 13.2. The number of allylic oxidation sites excluding steroid dienone is 1. The number of rotatable bonds is 7. The second-order valence-electron chi connectivity index (χ2n) is 8.56. The van der Waals surface area contributed by atoms with E-state index in [1.54, 1.807) is 0 Å². The van der Waals surface area contributed by atoms with Gasteiger partial charge >= 0.3 is 0 Å². The van der Waals surface area contributed by atoms with Crippen molar-refractivity contribution in [3.05, 3.63) is 11.6 Å². The van der Waals surface area contributed by atoms with Crippen LogP contribution in [0.2, 0.25) is 0 Å². The topological polar surface area (TPSA) is 55.9 Å². The van der Waals surface area contributed by atoms with E-state index in [1.807, 2.05) is 0 Å². The Bertz CT molecular complexity index is 533. The first kappa shape index (κ1) is 21.3. The fourth-order valence-electron chi connectivity index (χ4n) is 4.47. The van der Waals surface area contributed by atoms with Gasteiger partial charge in [0.15, 0.2) is 0 Å². The Labute approximate surface area is 170 Å². The molecule has 2 saturated heterocycles. The quantitative estimate of drug-likeness (QED) is 0.676. The molecule has 1 N–H and O–H groups in total. The molecule has 0 spiro atoms. The van der Waals surface area contributed by atoms with Crippen molar-refractivity contribution in [3.63, 3.8) is 0 Å². The average molecular weight is 391 g/mol. The van der Waals surface area contributed by atoms with Crippen LogP contribution in [0.4, 0.5) is 0 Å². The first-order valence-corrected chi connectivity index (χ1v) is 11.4. The fraction of sp³-hybridized carbons (Fsp3) is 0.818. The number of nitrogens with one attached hydrogen (secondary N) is 1. The van der Waals surface area contributed by atoms with E-state index in [0.29, 0.717) is 13.1 Å². The summed E-state index contributed by atoms with van der Waals surface area (Å²) >= 11 is 0. The lowest BCUT2D eigenvalue weighted by atomic mass is 9.97. The molecule has 2 heterocycles. The van der Waals surface area contributed by atoms with E-state index in [1.165, 1.54) is 44.1 Å². The third kappa shape index (κ3) is 7.21. The lowest BCUT2D eigenvalue weighted by Crippen LogP contribution is -2.52. The minimum absolute atomic E-state index is 0.130. The smallest absolute Gasteiger partial charge is 0.236 e. The molecule has 0 atom stereocenters. The van der Waals surface area contributed by atoms with Crippen LogP contribution in [0.5, 0.6) is 0 Å². The van der Waals surface area contributed by atoms with Crippen LogP contribution in [0.1, 0.15) is 57.8 Å². The highest BCUT2D eigenvalue weighted by Gasteiger charge is 2.23. The Hall–Kier alpha value is -1.40. The molecule has 6 heteroatoms. The second kappa shape index (κ2) is 11.6. The monoisotopic (exact) mass is 390 g/mol. The van der Waals surface area contributed by atoms with Crippen LogP contribution >= 0.6 is 0 Å². The number of carbonyl (C=O) groups excluding carboxylic acids is 2. The van der Waals surface area contributed by atoms with Crippen LogP contribution in [0.3, 0.4) is 0 Å². The average Bonchev–Trinajstić information content (AvgIpc) is 3.00. The number of amides is 2. The van der Waals surface area contributed by atoms with Gasteiger partial charge in [-0.1, -0.05) is 24.5 Å². The molecule has 6 nitrogen and oxygen atoms in total. The summed E-state index contributed by atoms with van der Waals surface area (Å²) in [5, 5.41) is 3.07. The van der Waals surface area contributed by atoms with Gasteiger partial charge in [0.2, 0.25) is 11.8 Å². The first-order chi connectivity index (χ1) is 13.7. The lowest BCUT2D eigenvalue weighted by molar-refractivity contribution is -0.133. The van der Waals surface area contributed by atoms with Crippen LogP contribution in [0, 0.1) is 0 Å². The maximum atomic E-state index is 12.5. The highest BCUT2D eigenvalue weighted by molar-refractivity contribution is 5.78. The summed E-state index contributed by atoms with van der Waals surface area (Å²) in [4.78, 5) is 31.2. The number of piperazine rings is 1. The minimum atomic E-state index is 0.130. The van der Waals surface area contributed by atoms with Gasteiger partial charge in [-0.3, -0.25) is 19.4 Å². The largest absolute Gasteiger partial charge is 0.355 e. The van der Waals surface area contributed by atoms with Gasteiger partial charge in [-0.25, -0.2) is 0 Å². The molecule has 2 amide bonds. The molecule has 2 aliphatic heterocycles. The standard InChI is InChI=1S/C22H38N4O2/c27-21(23-11-10-20-8-4-3-5-9-20)18-24-14-16-25(17-15-24)19-22(28)26-12-6-1-2-7-13-26/h8H,1-7,9-19H2,(H,23,27). The van der Waals surface area contributed by atoms with Crippen LogP contribution in [-0.4, -0.2) is 85.4 Å². The molecule has 0 aromatic heterocycles. The van der Waals surface area contributed by atoms with Gasteiger partial charge < -0.3 is 10.2 Å². The predicted molar refractivity (Wildman–Crippen MR) is 112 cm³/mol. The minimum Gasteiger partial charge on any atom is -0.355 e. The van der Waals surface area contributed by atoms with Crippen LogP contribution < -0.4 is 5.32 Å². The van der Waals surface area contributed by atoms with Crippen molar-refractivity contribution in [2.75, 3.05) is 58.9 Å². The van der Waals surface area contributed by atoms with E-state index in [0.717, 1.165) is 65.1 Å². The summed E-state index contributed by atoms with van der Waals surface area (Å²) < 4.78 is 0. The molecule has 0 unspecified atom stereocenters. The molecular weight excluding hydrogens is 352 g/mol. The highest BCUT2D eigenvalue weighted by atomic mass is 16.2. The van der Waals surface area contributed by atoms with Gasteiger partial charge in [-0.05, 0) is 44.9 Å². The van der Waals surface area contributed by atoms with Crippen molar-refractivity contribution in [2.45, 2.75) is 57.8 Å². The van der Waals surface area contributed by atoms with Gasteiger partial charge in [0, 0.05) is 45.8 Å². The summed E-state index contributed by atoms with van der Waals surface area (Å²) in [6.45, 7) is 7.11. The molecule has 158 valence electrons. The Morgan fingerprint density at radius 1 is 0.821 bits per heavy atom. The van der Waals surface area contributed by atoms with E-state index in [2.05, 4.69) is 26.1 Å². The first-order valence-electron chi connectivity index (χ1n) is 11.4. The lowest BCUT2D eigenvalue weighted by Gasteiger charge is -2.35. The Kier molecular flexibility index (Phi) is 8.80. The van der Waals surface area contributed by atoms with Crippen LogP contribution in [0.15, 0.2) is 11.6 Å². The summed E-state index contributed by atoms with van der Waals surface area (Å²) in [7, 11) is 0. The molecular formula is C22H38N4O2. The van der Waals surface area contributed by atoms with Crippen molar-refractivity contribution in [1.82, 2.24) is 20.0 Å². The van der Waals surface area contributed by atoms with E-state index in [4.69, 9.17) is 0 Å². The normalized spacial score (nSPS) is 22.4. The third-order valence-corrected chi connectivity index (χ3v) is 6.30. The predicted octanol–water partition coefficient (Wildman–Crippen LogP) is 2.01. The fourth-order valence-corrected chi connectivity index (χ4v) is 4.47. The number of hydrogen-bond donors (Lipinski definition) is 1. The third-order valence-electron chi connectivity index (χ3n) is 6.30. The molecule has 1 aliphatic carbocycles. The van der Waals surface area contributed by atoms with Crippen molar-refractivity contribution in [1.29, 1.82) is 0 Å². The summed E-state index contributed by atoms with van der Waals surface area (Å²) in [5.41, 5.74) is 1.51. The maximum Gasteiger partial charge on any atom is 0.236 e. The van der Waals surface area contributed by atoms with Gasteiger partial charge in [-0.2, -0.15) is 0 Å². The number of nitrogens with zero attached hydrogens (tertiary/aromatic N) is 3. The molecule has 0 radical (unpaired) electrons. The molecule has 2 fully saturated rings. The molecule has 0 aromatic carbocycles. The van der Waals surface area contributed by atoms with E-state index in [9.17, 15) is 9.59 Å². The highest BCUT2D eigenvalue weighted by Crippen LogP contribution is 2.19.